The molecule has 6 rings (SSSR count). The third-order valence-electron chi connectivity index (χ3n) is 7.50. The molecular formula is C35H31N3O7. The van der Waals surface area contributed by atoms with Gasteiger partial charge in [-0.2, -0.15) is 0 Å². The predicted octanol–water partition coefficient (Wildman–Crippen LogP) is 5.80. The molecule has 0 aliphatic rings. The Morgan fingerprint density at radius 1 is 0.800 bits per heavy atom. The van der Waals surface area contributed by atoms with Gasteiger partial charge in [-0.3, -0.25) is 0 Å². The van der Waals surface area contributed by atoms with Crippen LogP contribution in [0.5, 0.6) is 23.3 Å². The molecule has 0 saturated heterocycles. The molecule has 0 fully saturated rings. The second-order valence-corrected chi connectivity index (χ2v) is 11.0. The Morgan fingerprint density at radius 2 is 1.44 bits per heavy atom. The largest absolute Gasteiger partial charge is 0.492 e. The van der Waals surface area contributed by atoms with Gasteiger partial charge in [0, 0.05) is 29.4 Å². The van der Waals surface area contributed by atoms with Gasteiger partial charge in [-0.25, -0.2) is 14.6 Å². The Bertz CT molecular complexity index is 2070. The normalized spacial score (nSPS) is 11.4. The van der Waals surface area contributed by atoms with Crippen LogP contribution in [0.1, 0.15) is 31.8 Å². The molecule has 0 aliphatic heterocycles. The maximum atomic E-state index is 14.3. The molecule has 2 heterocycles. The van der Waals surface area contributed by atoms with Gasteiger partial charge in [-0.15, -0.1) is 4.73 Å². The number of benzene rings is 4. The maximum absolute atomic E-state index is 14.3. The number of aryl methyl sites for hydroxylation is 2. The summed E-state index contributed by atoms with van der Waals surface area (Å²) in [5.41, 5.74) is 2.71. The number of esters is 1. The molecule has 10 nitrogen and oxygen atoms in total. The van der Waals surface area contributed by atoms with Gasteiger partial charge in [0.25, 0.3) is 0 Å². The second-order valence-electron chi connectivity index (χ2n) is 11.0. The number of ether oxygens (including phenoxy) is 2. The summed E-state index contributed by atoms with van der Waals surface area (Å²) < 4.78 is 13.1. The molecule has 6 aromatic rings. The lowest BCUT2D eigenvalue weighted by molar-refractivity contribution is 0.0381. The molecule has 4 aromatic carbocycles. The van der Waals surface area contributed by atoms with Crippen molar-refractivity contribution in [3.63, 3.8) is 0 Å². The third kappa shape index (κ3) is 5.59. The number of para-hydroxylation sites is 1. The lowest BCUT2D eigenvalue weighted by Crippen LogP contribution is -2.20. The van der Waals surface area contributed by atoms with Gasteiger partial charge in [-0.05, 0) is 68.7 Å². The number of carbonyl (C=O) groups excluding carboxylic acids is 2. The van der Waals surface area contributed by atoms with Crippen LogP contribution in [0.2, 0.25) is 0 Å². The van der Waals surface area contributed by atoms with E-state index in [1.807, 2.05) is 73.6 Å². The van der Waals surface area contributed by atoms with Gasteiger partial charge in [0.05, 0.1) is 27.5 Å². The highest BCUT2D eigenvalue weighted by Gasteiger charge is 2.25. The second kappa shape index (κ2) is 11.8. The van der Waals surface area contributed by atoms with Crippen LogP contribution in [0.3, 0.4) is 0 Å². The lowest BCUT2D eigenvalue weighted by Gasteiger charge is -2.19. The average Bonchev–Trinajstić information content (AvgIpc) is 3.33. The van der Waals surface area contributed by atoms with E-state index in [0.29, 0.717) is 62.1 Å². The Morgan fingerprint density at radius 3 is 2.13 bits per heavy atom. The number of hydrogen-bond donors (Lipinski definition) is 2. The molecular weight excluding hydrogens is 574 g/mol. The van der Waals surface area contributed by atoms with Gasteiger partial charge in [0.2, 0.25) is 11.8 Å². The van der Waals surface area contributed by atoms with Crippen LogP contribution in [0, 0.1) is 13.8 Å². The molecule has 0 spiro atoms. The summed E-state index contributed by atoms with van der Waals surface area (Å²) in [7, 11) is 3.93. The fraction of sp³-hybridized carbons (Fsp3) is 0.171. The average molecular weight is 606 g/mol. The van der Waals surface area contributed by atoms with Crippen LogP contribution in [-0.4, -0.2) is 64.0 Å². The number of aromatic nitrogens is 2. The zero-order valence-corrected chi connectivity index (χ0v) is 25.2. The summed E-state index contributed by atoms with van der Waals surface area (Å²) in [6.07, 6.45) is 0. The van der Waals surface area contributed by atoms with Crippen LogP contribution in [0.4, 0.5) is 0 Å². The van der Waals surface area contributed by atoms with Crippen LogP contribution in [0.15, 0.2) is 78.9 Å². The van der Waals surface area contributed by atoms with E-state index in [1.54, 1.807) is 13.8 Å². The molecule has 45 heavy (non-hydrogen) atoms. The Labute approximate surface area is 258 Å². The standard InChI is InChI=1S/C35H31N3O7/c1-20-17-23(34(41)45-38-28(39)13-14-29(38)40)18-21(2)32(20)44-35(42)30-25-11-7-8-12-26(25)36-27-19-22-9-5-6-10-24(22)33(31(27)30)43-16-15-37(3)4/h5-14,17-19,39-40H,15-16H2,1-4H3. The number of nitrogens with zero attached hydrogens (tertiary/aromatic N) is 3. The first kappa shape index (κ1) is 29.5. The SMILES string of the molecule is Cc1cc(C(=O)On2c(O)ccc2O)cc(C)c1OC(=O)c1c2ccccc2nc2cc3ccccc3c(OCCN(C)C)c12. The molecule has 228 valence electrons. The molecule has 0 saturated carbocycles. The molecule has 2 N–H and O–H groups in total. The smallest absolute Gasteiger partial charge is 0.363 e. The van der Waals surface area contributed by atoms with E-state index in [9.17, 15) is 19.8 Å². The first-order chi connectivity index (χ1) is 21.6. The Kier molecular flexibility index (Phi) is 7.74. The number of likely N-dealkylation sites (N-methyl/N-ethyl adjacent to an activating group) is 1. The van der Waals surface area contributed by atoms with E-state index < -0.39 is 23.7 Å². The minimum Gasteiger partial charge on any atom is -0.492 e. The fourth-order valence-corrected chi connectivity index (χ4v) is 5.37. The number of carbonyl (C=O) groups is 2. The highest BCUT2D eigenvalue weighted by atomic mass is 16.7. The summed E-state index contributed by atoms with van der Waals surface area (Å²) in [4.78, 5) is 39.2. The maximum Gasteiger partial charge on any atom is 0.363 e. The molecule has 0 radical (unpaired) electrons. The molecule has 0 atom stereocenters. The van der Waals surface area contributed by atoms with Crippen molar-refractivity contribution in [1.82, 2.24) is 14.6 Å². The summed E-state index contributed by atoms with van der Waals surface area (Å²) in [6.45, 7) is 4.49. The van der Waals surface area contributed by atoms with E-state index in [-0.39, 0.29) is 11.3 Å². The van der Waals surface area contributed by atoms with Crippen molar-refractivity contribution in [3.05, 3.63) is 101 Å². The topological polar surface area (TPSA) is 123 Å². The minimum absolute atomic E-state index is 0.139. The van der Waals surface area contributed by atoms with Crippen molar-refractivity contribution in [3.8, 4) is 23.3 Å². The van der Waals surface area contributed by atoms with Gasteiger partial charge >= 0.3 is 11.9 Å². The van der Waals surface area contributed by atoms with Gasteiger partial charge in [0.15, 0.2) is 0 Å². The number of fused-ring (bicyclic) bond motifs is 3. The number of aromatic hydroxyl groups is 2. The molecule has 10 heteroatoms. The number of pyridine rings is 1. The Balaban J connectivity index is 1.45. The van der Waals surface area contributed by atoms with Crippen LogP contribution >= 0.6 is 0 Å². The summed E-state index contributed by atoms with van der Waals surface area (Å²) in [5.74, 6) is -1.45. The van der Waals surface area contributed by atoms with Crippen molar-refractivity contribution < 1.29 is 34.1 Å². The van der Waals surface area contributed by atoms with Crippen molar-refractivity contribution in [2.24, 2.45) is 0 Å². The third-order valence-corrected chi connectivity index (χ3v) is 7.50. The highest BCUT2D eigenvalue weighted by molar-refractivity contribution is 6.20. The van der Waals surface area contributed by atoms with E-state index in [0.717, 1.165) is 10.8 Å². The zero-order valence-electron chi connectivity index (χ0n) is 25.2. The summed E-state index contributed by atoms with van der Waals surface area (Å²) in [5, 5.41) is 22.6. The minimum atomic E-state index is -0.821. The zero-order chi connectivity index (χ0) is 31.8. The van der Waals surface area contributed by atoms with Gasteiger partial charge < -0.3 is 29.4 Å². The van der Waals surface area contributed by atoms with Gasteiger partial charge in [0.1, 0.15) is 18.1 Å². The quantitative estimate of drug-likeness (QED) is 0.126. The molecule has 0 aliphatic carbocycles. The Hall–Kier alpha value is -5.61. The van der Waals surface area contributed by atoms with Crippen LogP contribution in [0.25, 0.3) is 32.6 Å². The van der Waals surface area contributed by atoms with Crippen LogP contribution < -0.4 is 14.3 Å². The van der Waals surface area contributed by atoms with Crippen molar-refractivity contribution >= 4 is 44.5 Å². The summed E-state index contributed by atoms with van der Waals surface area (Å²) in [6, 6.07) is 22.6. The monoisotopic (exact) mass is 605 g/mol. The van der Waals surface area contributed by atoms with Gasteiger partial charge in [-0.1, -0.05) is 42.5 Å². The van der Waals surface area contributed by atoms with E-state index in [4.69, 9.17) is 19.3 Å². The van der Waals surface area contributed by atoms with Crippen LogP contribution in [-0.2, 0) is 0 Å². The first-order valence-corrected chi connectivity index (χ1v) is 14.3. The van der Waals surface area contributed by atoms with E-state index in [2.05, 4.69) is 0 Å². The first-order valence-electron chi connectivity index (χ1n) is 14.3. The van der Waals surface area contributed by atoms with Crippen molar-refractivity contribution in [2.75, 3.05) is 27.2 Å². The lowest BCUT2D eigenvalue weighted by atomic mass is 9.98. The van der Waals surface area contributed by atoms with E-state index >= 15 is 0 Å². The molecule has 0 bridgehead atoms. The number of rotatable bonds is 8. The predicted molar refractivity (Wildman–Crippen MR) is 170 cm³/mol. The molecule has 2 aromatic heterocycles. The summed E-state index contributed by atoms with van der Waals surface area (Å²) >= 11 is 0. The fourth-order valence-electron chi connectivity index (χ4n) is 5.37. The van der Waals surface area contributed by atoms with Crippen molar-refractivity contribution in [2.45, 2.75) is 13.8 Å². The highest BCUT2D eigenvalue weighted by Crippen LogP contribution is 2.40. The molecule has 0 unspecified atom stereocenters. The van der Waals surface area contributed by atoms with Crippen molar-refractivity contribution in [1.29, 1.82) is 0 Å². The molecule has 0 amide bonds. The number of hydrogen-bond acceptors (Lipinski definition) is 9. The van der Waals surface area contributed by atoms with E-state index in [1.165, 1.54) is 24.3 Å².